The highest BCUT2D eigenvalue weighted by Crippen LogP contribution is 2.19. The molecule has 3 amide bonds. The van der Waals surface area contributed by atoms with Crippen LogP contribution in [-0.2, 0) is 27.4 Å². The van der Waals surface area contributed by atoms with Gasteiger partial charge in [-0.3, -0.25) is 9.59 Å². The molecule has 8 nitrogen and oxygen atoms in total. The maximum absolute atomic E-state index is 13.5. The van der Waals surface area contributed by atoms with Gasteiger partial charge in [0, 0.05) is 36.0 Å². The number of halogens is 1. The average molecular weight is 519 g/mol. The Bertz CT molecular complexity index is 1010. The summed E-state index contributed by atoms with van der Waals surface area (Å²) < 4.78 is 6.97. The van der Waals surface area contributed by atoms with Gasteiger partial charge in [-0.15, -0.1) is 0 Å². The zero-order valence-corrected chi connectivity index (χ0v) is 22.8. The number of carbonyl (C=O) groups excluding carboxylic acids is 3. The van der Waals surface area contributed by atoms with Gasteiger partial charge in [0.05, 0.1) is 13.2 Å². The topological polar surface area (TPSA) is 83.9 Å². The van der Waals surface area contributed by atoms with Crippen molar-refractivity contribution in [3.8, 4) is 0 Å². The normalized spacial score (nSPS) is 11.8. The molecule has 0 saturated heterocycles. The van der Waals surface area contributed by atoms with Gasteiger partial charge < -0.3 is 24.4 Å². The molecule has 2 aromatic rings. The quantitative estimate of drug-likeness (QED) is 0.394. The summed E-state index contributed by atoms with van der Waals surface area (Å²) in [5, 5.41) is 3.28. The summed E-state index contributed by atoms with van der Waals surface area (Å²) in [5.41, 5.74) is 1.98. The van der Waals surface area contributed by atoms with Crippen LogP contribution in [0.1, 0.15) is 52.3 Å². The number of nitrogens with one attached hydrogen (secondary N) is 1. The van der Waals surface area contributed by atoms with Crippen molar-refractivity contribution in [1.29, 1.82) is 0 Å². The summed E-state index contributed by atoms with van der Waals surface area (Å²) in [4.78, 5) is 41.3. The van der Waals surface area contributed by atoms with Gasteiger partial charge >= 0.3 is 12.0 Å². The average Bonchev–Trinajstić information content (AvgIpc) is 3.27. The van der Waals surface area contributed by atoms with Crippen LogP contribution in [0.15, 0.2) is 42.6 Å². The monoisotopic (exact) mass is 518 g/mol. The van der Waals surface area contributed by atoms with E-state index < -0.39 is 12.0 Å². The number of aromatic nitrogens is 1. The van der Waals surface area contributed by atoms with Crippen molar-refractivity contribution in [2.45, 2.75) is 60.2 Å². The van der Waals surface area contributed by atoms with Crippen molar-refractivity contribution in [1.82, 2.24) is 19.7 Å². The third kappa shape index (κ3) is 8.90. The smallest absolute Gasteiger partial charge is 0.325 e. The molecule has 1 aromatic heterocycles. The predicted molar refractivity (Wildman–Crippen MR) is 142 cm³/mol. The van der Waals surface area contributed by atoms with Gasteiger partial charge in [-0.25, -0.2) is 4.79 Å². The van der Waals surface area contributed by atoms with Crippen molar-refractivity contribution in [3.63, 3.8) is 0 Å². The van der Waals surface area contributed by atoms with E-state index in [1.807, 2.05) is 56.4 Å². The maximum Gasteiger partial charge on any atom is 0.325 e. The van der Waals surface area contributed by atoms with Gasteiger partial charge in [0.25, 0.3) is 0 Å². The molecule has 1 aromatic carbocycles. The number of hydrogen-bond acceptors (Lipinski definition) is 4. The number of nitrogens with zero attached hydrogens (tertiary/aromatic N) is 3. The minimum atomic E-state index is -0.512. The Morgan fingerprint density at radius 2 is 1.81 bits per heavy atom. The molecule has 0 aliphatic carbocycles. The van der Waals surface area contributed by atoms with Gasteiger partial charge in [-0.05, 0) is 49.9 Å². The molecule has 0 bridgehead atoms. The number of ether oxygens (including phenoxy) is 1. The Kier molecular flexibility index (Phi) is 11.8. The Balaban J connectivity index is 2.16. The summed E-state index contributed by atoms with van der Waals surface area (Å²) in [6.45, 7) is 11.1. The van der Waals surface area contributed by atoms with E-state index in [1.165, 1.54) is 4.90 Å². The van der Waals surface area contributed by atoms with Crippen molar-refractivity contribution >= 4 is 29.5 Å². The molecular weight excluding hydrogens is 480 g/mol. The van der Waals surface area contributed by atoms with Crippen LogP contribution in [0.4, 0.5) is 4.79 Å². The third-order valence-electron chi connectivity index (χ3n) is 5.89. The minimum Gasteiger partial charge on any atom is -0.465 e. The molecule has 0 radical (unpaired) electrons. The molecule has 0 spiro atoms. The zero-order valence-electron chi connectivity index (χ0n) is 22.0. The van der Waals surface area contributed by atoms with Crippen LogP contribution in [-0.4, -0.2) is 64.6 Å². The minimum absolute atomic E-state index is 0.0817. The van der Waals surface area contributed by atoms with Gasteiger partial charge in [-0.1, -0.05) is 50.6 Å². The van der Waals surface area contributed by atoms with Crippen LogP contribution < -0.4 is 5.32 Å². The number of urea groups is 1. The zero-order chi connectivity index (χ0) is 26.7. The number of esters is 1. The Hall–Kier alpha value is -3.00. The lowest BCUT2D eigenvalue weighted by Gasteiger charge is -2.32. The van der Waals surface area contributed by atoms with Gasteiger partial charge in [0.1, 0.15) is 13.1 Å². The molecule has 198 valence electrons. The molecule has 2 rings (SSSR count). The molecule has 9 heteroatoms. The SMILES string of the molecule is CCOC(=O)CNC(=O)N(CC(=O)N(Cc1cccn1Cc1ccccc1Cl)CC(C)C)C(C)CC. The molecule has 0 fully saturated rings. The predicted octanol–water partition coefficient (Wildman–Crippen LogP) is 4.55. The number of amides is 3. The number of hydrogen-bond donors (Lipinski definition) is 1. The first-order valence-electron chi connectivity index (χ1n) is 12.5. The van der Waals surface area contributed by atoms with E-state index in [2.05, 4.69) is 23.7 Å². The molecule has 1 heterocycles. The highest BCUT2D eigenvalue weighted by Gasteiger charge is 2.26. The third-order valence-corrected chi connectivity index (χ3v) is 6.26. The van der Waals surface area contributed by atoms with E-state index in [1.54, 1.807) is 11.8 Å². The fraction of sp³-hybridized carbons (Fsp3) is 0.519. The summed E-state index contributed by atoms with van der Waals surface area (Å²) in [6, 6.07) is 11.0. The molecule has 0 aliphatic rings. The van der Waals surface area contributed by atoms with E-state index >= 15 is 0 Å². The second-order valence-electron chi connectivity index (χ2n) is 9.24. The maximum atomic E-state index is 13.5. The second-order valence-corrected chi connectivity index (χ2v) is 9.64. The van der Waals surface area contributed by atoms with Crippen molar-refractivity contribution in [3.05, 3.63) is 58.9 Å². The first-order valence-corrected chi connectivity index (χ1v) is 12.9. The second kappa shape index (κ2) is 14.5. The van der Waals surface area contributed by atoms with Gasteiger partial charge in [-0.2, -0.15) is 0 Å². The van der Waals surface area contributed by atoms with Crippen LogP contribution >= 0.6 is 11.6 Å². The number of benzene rings is 1. The fourth-order valence-corrected chi connectivity index (χ4v) is 4.00. The summed E-state index contributed by atoms with van der Waals surface area (Å²) in [5.74, 6) is -0.418. The van der Waals surface area contributed by atoms with Crippen LogP contribution in [0.25, 0.3) is 0 Å². The van der Waals surface area contributed by atoms with E-state index in [0.29, 0.717) is 31.1 Å². The van der Waals surface area contributed by atoms with Crippen LogP contribution in [0.2, 0.25) is 5.02 Å². The highest BCUT2D eigenvalue weighted by molar-refractivity contribution is 6.31. The standard InChI is InChI=1S/C27H39ClN4O4/c1-6-21(5)32(27(35)29-15-26(34)36-7-2)19-25(33)31(16-20(3)4)18-23-12-10-14-30(23)17-22-11-8-9-13-24(22)28/h8-14,20-21H,6-7,15-19H2,1-5H3,(H,29,35). The molecule has 1 atom stereocenters. The van der Waals surface area contributed by atoms with E-state index in [0.717, 1.165) is 11.3 Å². The summed E-state index contributed by atoms with van der Waals surface area (Å²) >= 11 is 6.36. The van der Waals surface area contributed by atoms with Crippen molar-refractivity contribution in [2.24, 2.45) is 5.92 Å². The van der Waals surface area contributed by atoms with Crippen LogP contribution in [0.3, 0.4) is 0 Å². The van der Waals surface area contributed by atoms with Crippen molar-refractivity contribution < 1.29 is 19.1 Å². The lowest BCUT2D eigenvalue weighted by atomic mass is 10.2. The largest absolute Gasteiger partial charge is 0.465 e. The van der Waals surface area contributed by atoms with Gasteiger partial charge in [0.2, 0.25) is 5.91 Å². The summed E-state index contributed by atoms with van der Waals surface area (Å²) in [6.07, 6.45) is 2.65. The Morgan fingerprint density at radius 3 is 2.44 bits per heavy atom. The molecule has 1 N–H and O–H groups in total. The van der Waals surface area contributed by atoms with Crippen LogP contribution in [0.5, 0.6) is 0 Å². The summed E-state index contributed by atoms with van der Waals surface area (Å²) in [7, 11) is 0. The molecule has 36 heavy (non-hydrogen) atoms. The van der Waals surface area contributed by atoms with Gasteiger partial charge in [0.15, 0.2) is 0 Å². The molecule has 1 unspecified atom stereocenters. The number of rotatable bonds is 13. The van der Waals surface area contributed by atoms with E-state index in [4.69, 9.17) is 16.3 Å². The van der Waals surface area contributed by atoms with E-state index in [-0.39, 0.29) is 37.6 Å². The fourth-order valence-electron chi connectivity index (χ4n) is 3.80. The lowest BCUT2D eigenvalue weighted by Crippen LogP contribution is -2.51. The van der Waals surface area contributed by atoms with Crippen LogP contribution in [0, 0.1) is 5.92 Å². The molecular formula is C27H39ClN4O4. The Morgan fingerprint density at radius 1 is 1.08 bits per heavy atom. The highest BCUT2D eigenvalue weighted by atomic mass is 35.5. The Labute approximate surface area is 219 Å². The lowest BCUT2D eigenvalue weighted by molar-refractivity contribution is -0.141. The first kappa shape index (κ1) is 29.2. The number of carbonyl (C=O) groups is 3. The molecule has 0 aliphatic heterocycles. The van der Waals surface area contributed by atoms with E-state index in [9.17, 15) is 14.4 Å². The molecule has 0 saturated carbocycles. The van der Waals surface area contributed by atoms with Crippen molar-refractivity contribution in [2.75, 3.05) is 26.2 Å². The first-order chi connectivity index (χ1) is 17.2.